The fourth-order valence-corrected chi connectivity index (χ4v) is 1.96. The molecule has 8 heteroatoms. The van der Waals surface area contributed by atoms with Crippen molar-refractivity contribution in [1.29, 1.82) is 0 Å². The van der Waals surface area contributed by atoms with E-state index in [4.69, 9.17) is 9.47 Å². The molecule has 0 saturated carbocycles. The summed E-state index contributed by atoms with van der Waals surface area (Å²) >= 11 is 0. The molecule has 2 N–H and O–H groups in total. The van der Waals surface area contributed by atoms with Gasteiger partial charge in [-0.05, 0) is 24.6 Å². The standard InChI is InChI=1S/C18H30N4O3.HI/c1-5-19-18(21-14-17(23)22(2)3)20-13-15-8-6-9-16(12-15)25-11-7-10-24-4;/h6,8-9,12H,5,7,10-11,13-14H2,1-4H3,(H2,19,20,21);1H. The van der Waals surface area contributed by atoms with Crippen molar-refractivity contribution in [2.45, 2.75) is 19.9 Å². The summed E-state index contributed by atoms with van der Waals surface area (Å²) in [6.07, 6.45) is 0.854. The van der Waals surface area contributed by atoms with E-state index in [-0.39, 0.29) is 36.4 Å². The summed E-state index contributed by atoms with van der Waals surface area (Å²) in [5.74, 6) is 1.44. The molecule has 0 saturated heterocycles. The number of halogens is 1. The van der Waals surface area contributed by atoms with Crippen LogP contribution in [0.2, 0.25) is 0 Å². The first kappa shape index (κ1) is 24.5. The van der Waals surface area contributed by atoms with Crippen molar-refractivity contribution in [1.82, 2.24) is 15.5 Å². The van der Waals surface area contributed by atoms with Crippen LogP contribution in [-0.2, 0) is 16.1 Å². The van der Waals surface area contributed by atoms with Gasteiger partial charge in [-0.1, -0.05) is 12.1 Å². The highest BCUT2D eigenvalue weighted by molar-refractivity contribution is 14.0. The molecule has 0 aliphatic heterocycles. The average molecular weight is 478 g/mol. The Hall–Kier alpha value is -1.55. The minimum absolute atomic E-state index is 0. The molecule has 0 aromatic heterocycles. The van der Waals surface area contributed by atoms with Gasteiger partial charge < -0.3 is 25.0 Å². The highest BCUT2D eigenvalue weighted by Gasteiger charge is 2.05. The number of aliphatic imine (C=N–C) groups is 1. The van der Waals surface area contributed by atoms with Crippen molar-refractivity contribution >= 4 is 35.8 Å². The number of carbonyl (C=O) groups excluding carboxylic acids is 1. The number of methoxy groups -OCH3 is 1. The van der Waals surface area contributed by atoms with Crippen molar-refractivity contribution in [3.8, 4) is 5.75 Å². The topological polar surface area (TPSA) is 75.2 Å². The smallest absolute Gasteiger partial charge is 0.241 e. The summed E-state index contributed by atoms with van der Waals surface area (Å²) in [6.45, 7) is 4.73. The predicted molar refractivity (Wildman–Crippen MR) is 115 cm³/mol. The number of hydrogen-bond donors (Lipinski definition) is 2. The maximum absolute atomic E-state index is 11.7. The van der Waals surface area contributed by atoms with Crippen LogP contribution >= 0.6 is 24.0 Å². The zero-order valence-corrected chi connectivity index (χ0v) is 18.4. The Kier molecular flexibility index (Phi) is 13.7. The number of nitrogens with one attached hydrogen (secondary N) is 2. The summed E-state index contributed by atoms with van der Waals surface area (Å²) in [5.41, 5.74) is 1.04. The first-order valence-corrected chi connectivity index (χ1v) is 8.49. The number of ether oxygens (including phenoxy) is 2. The zero-order valence-electron chi connectivity index (χ0n) is 16.1. The van der Waals surface area contributed by atoms with Gasteiger partial charge >= 0.3 is 0 Å². The molecule has 0 unspecified atom stereocenters. The molecule has 1 amide bonds. The molecule has 0 bridgehead atoms. The van der Waals surface area contributed by atoms with E-state index in [9.17, 15) is 4.79 Å². The molecular weight excluding hydrogens is 447 g/mol. The molecule has 1 rings (SSSR count). The Balaban J connectivity index is 0.00000625. The summed E-state index contributed by atoms with van der Waals surface area (Å²) in [7, 11) is 5.14. The number of rotatable bonds is 10. The van der Waals surface area contributed by atoms with E-state index >= 15 is 0 Å². The second-order valence-electron chi connectivity index (χ2n) is 5.68. The summed E-state index contributed by atoms with van der Waals surface area (Å²) in [5, 5.41) is 6.17. The number of amides is 1. The Morgan fingerprint density at radius 1 is 1.23 bits per heavy atom. The number of guanidine groups is 1. The molecule has 1 aromatic rings. The van der Waals surface area contributed by atoms with E-state index in [1.807, 2.05) is 31.2 Å². The number of carbonyl (C=O) groups is 1. The van der Waals surface area contributed by atoms with E-state index < -0.39 is 0 Å². The maximum Gasteiger partial charge on any atom is 0.241 e. The molecule has 7 nitrogen and oxygen atoms in total. The molecule has 148 valence electrons. The lowest BCUT2D eigenvalue weighted by atomic mass is 10.2. The highest BCUT2D eigenvalue weighted by Crippen LogP contribution is 2.14. The SMILES string of the molecule is CCNC(=NCc1cccc(OCCCOC)c1)NCC(=O)N(C)C.I. The fraction of sp³-hybridized carbons (Fsp3) is 0.556. The van der Waals surface area contributed by atoms with Gasteiger partial charge in [0.15, 0.2) is 5.96 Å². The fourth-order valence-electron chi connectivity index (χ4n) is 1.96. The predicted octanol–water partition coefficient (Wildman–Crippen LogP) is 1.86. The first-order valence-electron chi connectivity index (χ1n) is 8.49. The third-order valence-electron chi connectivity index (χ3n) is 3.33. The monoisotopic (exact) mass is 478 g/mol. The number of hydrogen-bond acceptors (Lipinski definition) is 4. The molecule has 0 radical (unpaired) electrons. The van der Waals surface area contributed by atoms with Crippen molar-refractivity contribution in [2.75, 3.05) is 47.5 Å². The van der Waals surface area contributed by atoms with E-state index in [1.165, 1.54) is 0 Å². The van der Waals surface area contributed by atoms with Gasteiger partial charge in [-0.25, -0.2) is 4.99 Å². The van der Waals surface area contributed by atoms with Crippen LogP contribution in [0.5, 0.6) is 5.75 Å². The third-order valence-corrected chi connectivity index (χ3v) is 3.33. The average Bonchev–Trinajstić information content (AvgIpc) is 2.61. The van der Waals surface area contributed by atoms with Crippen LogP contribution in [0.15, 0.2) is 29.3 Å². The van der Waals surface area contributed by atoms with Gasteiger partial charge in [0.25, 0.3) is 0 Å². The largest absolute Gasteiger partial charge is 0.493 e. The van der Waals surface area contributed by atoms with Crippen LogP contribution in [-0.4, -0.2) is 64.3 Å². The molecule has 26 heavy (non-hydrogen) atoms. The minimum atomic E-state index is -0.00272. The van der Waals surface area contributed by atoms with E-state index in [0.717, 1.165) is 24.3 Å². The van der Waals surface area contributed by atoms with Gasteiger partial charge in [0, 0.05) is 40.8 Å². The quantitative estimate of drug-likeness (QED) is 0.233. The van der Waals surface area contributed by atoms with Gasteiger partial charge in [-0.2, -0.15) is 0 Å². The van der Waals surface area contributed by atoms with E-state index in [2.05, 4.69) is 15.6 Å². The van der Waals surface area contributed by atoms with E-state index in [0.29, 0.717) is 25.7 Å². The number of nitrogens with zero attached hydrogens (tertiary/aromatic N) is 2. The summed E-state index contributed by atoms with van der Waals surface area (Å²) in [6, 6.07) is 7.86. The van der Waals surface area contributed by atoms with Crippen LogP contribution in [0.1, 0.15) is 18.9 Å². The van der Waals surface area contributed by atoms with Crippen molar-refractivity contribution in [2.24, 2.45) is 4.99 Å². The lowest BCUT2D eigenvalue weighted by Gasteiger charge is -2.14. The Labute approximate surface area is 173 Å². The minimum Gasteiger partial charge on any atom is -0.493 e. The van der Waals surface area contributed by atoms with Gasteiger partial charge in [-0.15, -0.1) is 24.0 Å². The van der Waals surface area contributed by atoms with Gasteiger partial charge in [0.2, 0.25) is 5.91 Å². The van der Waals surface area contributed by atoms with Crippen molar-refractivity contribution in [3.63, 3.8) is 0 Å². The third kappa shape index (κ3) is 10.4. The molecular formula is C18H31IN4O3. The van der Waals surface area contributed by atoms with Gasteiger partial charge in [-0.3, -0.25) is 4.79 Å². The summed E-state index contributed by atoms with van der Waals surface area (Å²) < 4.78 is 10.7. The lowest BCUT2D eigenvalue weighted by molar-refractivity contribution is -0.127. The van der Waals surface area contributed by atoms with Gasteiger partial charge in [0.1, 0.15) is 5.75 Å². The van der Waals surface area contributed by atoms with E-state index in [1.54, 1.807) is 26.1 Å². The Bertz CT molecular complexity index is 553. The molecule has 0 aliphatic carbocycles. The Morgan fingerprint density at radius 2 is 2.00 bits per heavy atom. The normalized spacial score (nSPS) is 10.7. The van der Waals surface area contributed by atoms with Crippen LogP contribution in [0.25, 0.3) is 0 Å². The number of likely N-dealkylation sites (N-methyl/N-ethyl adjacent to an activating group) is 1. The molecule has 0 atom stereocenters. The molecule has 1 aromatic carbocycles. The second-order valence-corrected chi connectivity index (χ2v) is 5.68. The van der Waals surface area contributed by atoms with Crippen LogP contribution in [0.4, 0.5) is 0 Å². The molecule has 0 fully saturated rings. The summed E-state index contributed by atoms with van der Waals surface area (Å²) in [4.78, 5) is 17.7. The maximum atomic E-state index is 11.7. The molecule has 0 heterocycles. The van der Waals surface area contributed by atoms with Gasteiger partial charge in [0.05, 0.1) is 19.7 Å². The Morgan fingerprint density at radius 3 is 2.65 bits per heavy atom. The van der Waals surface area contributed by atoms with Crippen LogP contribution in [0, 0.1) is 0 Å². The molecule has 0 aliphatic rings. The second kappa shape index (κ2) is 14.6. The van der Waals surface area contributed by atoms with Crippen LogP contribution < -0.4 is 15.4 Å². The highest BCUT2D eigenvalue weighted by atomic mass is 127. The lowest BCUT2D eigenvalue weighted by Crippen LogP contribution is -2.42. The van der Waals surface area contributed by atoms with Crippen LogP contribution in [0.3, 0.4) is 0 Å². The zero-order chi connectivity index (χ0) is 18.5. The van der Waals surface area contributed by atoms with Crippen molar-refractivity contribution in [3.05, 3.63) is 29.8 Å². The number of benzene rings is 1. The van der Waals surface area contributed by atoms with Crippen molar-refractivity contribution < 1.29 is 14.3 Å². The molecule has 0 spiro atoms. The first-order chi connectivity index (χ1) is 12.1.